The maximum Gasteiger partial charge on any atom is 0.101 e. The van der Waals surface area contributed by atoms with Gasteiger partial charge in [0.25, 0.3) is 0 Å². The summed E-state index contributed by atoms with van der Waals surface area (Å²) in [5.74, 6) is 0.850. The number of anilines is 1. The van der Waals surface area contributed by atoms with Crippen LogP contribution in [0, 0.1) is 29.6 Å². The zero-order chi connectivity index (χ0) is 21.0. The molecule has 0 amide bonds. The van der Waals surface area contributed by atoms with Crippen molar-refractivity contribution in [3.05, 3.63) is 71.6 Å². The smallest absolute Gasteiger partial charge is 0.101 e. The molecule has 4 rings (SSSR count). The molecule has 3 nitrogen and oxygen atoms in total. The number of rotatable bonds is 5. The monoisotopic (exact) mass is 399 g/mol. The summed E-state index contributed by atoms with van der Waals surface area (Å²) < 4.78 is 0. The van der Waals surface area contributed by atoms with Gasteiger partial charge in [0.15, 0.2) is 0 Å². The standard InChI is InChI=1S/C27H33N3/c1-3-5-22-9-11-27(12-10-22)13-16-30(17-14-27)26-19-23(7-8-24(26)20-28)18-25-21(2)6-4-15-29-25/h3-4,6-8,15,19,22H,1,5,9-14,16-18H2,2H3. The molecule has 156 valence electrons. The molecule has 1 aromatic carbocycles. The van der Waals surface area contributed by atoms with Crippen molar-refractivity contribution in [3.63, 3.8) is 0 Å². The van der Waals surface area contributed by atoms with Crippen LogP contribution >= 0.6 is 0 Å². The van der Waals surface area contributed by atoms with Crippen molar-refractivity contribution in [2.75, 3.05) is 18.0 Å². The first kappa shape index (κ1) is 20.7. The van der Waals surface area contributed by atoms with Gasteiger partial charge in [0.05, 0.1) is 11.3 Å². The van der Waals surface area contributed by atoms with Crippen molar-refractivity contribution in [3.8, 4) is 6.07 Å². The van der Waals surface area contributed by atoms with E-state index in [0.717, 1.165) is 42.4 Å². The summed E-state index contributed by atoms with van der Waals surface area (Å²) >= 11 is 0. The Hall–Kier alpha value is -2.60. The lowest BCUT2D eigenvalue weighted by atomic mass is 9.65. The van der Waals surface area contributed by atoms with Gasteiger partial charge in [-0.2, -0.15) is 5.26 Å². The highest BCUT2D eigenvalue weighted by atomic mass is 15.1. The molecule has 2 heterocycles. The van der Waals surface area contributed by atoms with E-state index in [-0.39, 0.29) is 0 Å². The van der Waals surface area contributed by atoms with Crippen molar-refractivity contribution >= 4 is 5.69 Å². The molecule has 1 saturated carbocycles. The van der Waals surface area contributed by atoms with Crippen molar-refractivity contribution in [2.24, 2.45) is 11.3 Å². The van der Waals surface area contributed by atoms with Gasteiger partial charge in [0, 0.05) is 31.4 Å². The predicted molar refractivity (Wildman–Crippen MR) is 124 cm³/mol. The summed E-state index contributed by atoms with van der Waals surface area (Å²) in [6, 6.07) is 12.8. The van der Waals surface area contributed by atoms with Crippen molar-refractivity contribution in [1.29, 1.82) is 5.26 Å². The van der Waals surface area contributed by atoms with E-state index >= 15 is 0 Å². The van der Waals surface area contributed by atoms with Crippen LogP contribution in [0.3, 0.4) is 0 Å². The highest BCUT2D eigenvalue weighted by Crippen LogP contribution is 2.47. The second-order valence-corrected chi connectivity index (χ2v) is 9.36. The molecule has 2 aromatic rings. The molecule has 1 aromatic heterocycles. The van der Waals surface area contributed by atoms with E-state index in [1.165, 1.54) is 56.1 Å². The fourth-order valence-corrected chi connectivity index (χ4v) is 5.42. The van der Waals surface area contributed by atoms with Gasteiger partial charge in [0.2, 0.25) is 0 Å². The number of hydrogen-bond donors (Lipinski definition) is 0. The number of pyridine rings is 1. The molecular formula is C27H33N3. The Balaban J connectivity index is 1.46. The lowest BCUT2D eigenvalue weighted by Gasteiger charge is -2.46. The van der Waals surface area contributed by atoms with Crippen molar-refractivity contribution in [2.45, 2.75) is 58.3 Å². The summed E-state index contributed by atoms with van der Waals surface area (Å²) in [5.41, 5.74) is 6.00. The number of allylic oxidation sites excluding steroid dienone is 1. The second kappa shape index (κ2) is 9.04. The van der Waals surface area contributed by atoms with Gasteiger partial charge in [-0.25, -0.2) is 0 Å². The maximum absolute atomic E-state index is 9.70. The first-order valence-corrected chi connectivity index (χ1v) is 11.4. The Morgan fingerprint density at radius 3 is 2.63 bits per heavy atom. The Morgan fingerprint density at radius 2 is 1.97 bits per heavy atom. The molecule has 0 bridgehead atoms. The van der Waals surface area contributed by atoms with Crippen LogP contribution in [-0.2, 0) is 6.42 Å². The minimum absolute atomic E-state index is 0.531. The lowest BCUT2D eigenvalue weighted by Crippen LogP contribution is -2.42. The number of benzene rings is 1. The highest BCUT2D eigenvalue weighted by molar-refractivity contribution is 5.61. The summed E-state index contributed by atoms with van der Waals surface area (Å²) in [5, 5.41) is 9.70. The first-order valence-electron chi connectivity index (χ1n) is 11.4. The Labute approximate surface area is 181 Å². The fraction of sp³-hybridized carbons (Fsp3) is 0.481. The third-order valence-electron chi connectivity index (χ3n) is 7.50. The molecule has 3 heteroatoms. The zero-order valence-corrected chi connectivity index (χ0v) is 18.2. The summed E-state index contributed by atoms with van der Waals surface area (Å²) in [7, 11) is 0. The van der Waals surface area contributed by atoms with Gasteiger partial charge in [-0.3, -0.25) is 4.98 Å². The highest BCUT2D eigenvalue weighted by Gasteiger charge is 2.38. The van der Waals surface area contributed by atoms with Gasteiger partial charge >= 0.3 is 0 Å². The van der Waals surface area contributed by atoms with E-state index in [1.54, 1.807) is 0 Å². The van der Waals surface area contributed by atoms with Gasteiger partial charge in [-0.05, 0) is 92.5 Å². The van der Waals surface area contributed by atoms with E-state index in [2.05, 4.69) is 53.7 Å². The number of piperidine rings is 1. The third-order valence-corrected chi connectivity index (χ3v) is 7.50. The summed E-state index contributed by atoms with van der Waals surface area (Å²) in [6.45, 7) is 8.16. The molecule has 0 N–H and O–H groups in total. The Bertz CT molecular complexity index is 921. The SMILES string of the molecule is C=CCC1CCC2(CC1)CCN(c1cc(Cc3ncccc3C)ccc1C#N)CC2. The van der Waals surface area contributed by atoms with Crippen LogP contribution in [0.15, 0.2) is 49.2 Å². The molecule has 1 aliphatic carbocycles. The quantitative estimate of drug-likeness (QED) is 0.562. The number of aromatic nitrogens is 1. The molecular weight excluding hydrogens is 366 g/mol. The van der Waals surface area contributed by atoms with Crippen LogP contribution in [0.4, 0.5) is 5.69 Å². The Morgan fingerprint density at radius 1 is 1.20 bits per heavy atom. The van der Waals surface area contributed by atoms with Crippen LogP contribution in [0.25, 0.3) is 0 Å². The fourth-order valence-electron chi connectivity index (χ4n) is 5.42. The van der Waals surface area contributed by atoms with Gasteiger partial charge < -0.3 is 4.90 Å². The second-order valence-electron chi connectivity index (χ2n) is 9.36. The molecule has 0 unspecified atom stereocenters. The maximum atomic E-state index is 9.70. The number of hydrogen-bond acceptors (Lipinski definition) is 3. The minimum atomic E-state index is 0.531. The minimum Gasteiger partial charge on any atom is -0.370 e. The largest absolute Gasteiger partial charge is 0.370 e. The number of aryl methyl sites for hydroxylation is 1. The topological polar surface area (TPSA) is 39.9 Å². The molecule has 2 fully saturated rings. The average Bonchev–Trinajstić information content (AvgIpc) is 2.78. The summed E-state index contributed by atoms with van der Waals surface area (Å²) in [4.78, 5) is 7.00. The summed E-state index contributed by atoms with van der Waals surface area (Å²) in [6.07, 6.45) is 13.9. The van der Waals surface area contributed by atoms with Crippen LogP contribution in [0.2, 0.25) is 0 Å². The third kappa shape index (κ3) is 4.43. The van der Waals surface area contributed by atoms with Crippen LogP contribution in [0.1, 0.15) is 67.3 Å². The van der Waals surface area contributed by atoms with E-state index in [9.17, 15) is 5.26 Å². The van der Waals surface area contributed by atoms with Gasteiger partial charge in [-0.1, -0.05) is 18.2 Å². The zero-order valence-electron chi connectivity index (χ0n) is 18.2. The van der Waals surface area contributed by atoms with Crippen LogP contribution in [-0.4, -0.2) is 18.1 Å². The van der Waals surface area contributed by atoms with E-state index in [1.807, 2.05) is 18.3 Å². The molecule has 1 spiro atoms. The lowest BCUT2D eigenvalue weighted by molar-refractivity contribution is 0.114. The molecule has 0 radical (unpaired) electrons. The number of nitriles is 1. The van der Waals surface area contributed by atoms with Crippen LogP contribution in [0.5, 0.6) is 0 Å². The predicted octanol–water partition coefficient (Wildman–Crippen LogP) is 6.21. The van der Waals surface area contributed by atoms with E-state index in [4.69, 9.17) is 0 Å². The molecule has 2 aliphatic rings. The van der Waals surface area contributed by atoms with E-state index < -0.39 is 0 Å². The number of nitrogens with zero attached hydrogens (tertiary/aromatic N) is 3. The normalized spacial score (nSPS) is 18.9. The molecule has 30 heavy (non-hydrogen) atoms. The molecule has 1 saturated heterocycles. The Kier molecular flexibility index (Phi) is 6.23. The van der Waals surface area contributed by atoms with Crippen molar-refractivity contribution in [1.82, 2.24) is 4.98 Å². The van der Waals surface area contributed by atoms with E-state index in [0.29, 0.717) is 5.41 Å². The van der Waals surface area contributed by atoms with Crippen LogP contribution < -0.4 is 4.90 Å². The average molecular weight is 400 g/mol. The van der Waals surface area contributed by atoms with Crippen molar-refractivity contribution < 1.29 is 0 Å². The van der Waals surface area contributed by atoms with Gasteiger partial charge in [-0.15, -0.1) is 6.58 Å². The molecule has 1 aliphatic heterocycles. The molecule has 0 atom stereocenters. The first-order chi connectivity index (χ1) is 14.6. The van der Waals surface area contributed by atoms with Gasteiger partial charge in [0.1, 0.15) is 6.07 Å².